The van der Waals surface area contributed by atoms with Gasteiger partial charge in [-0.25, -0.2) is 14.4 Å². The number of carbonyl (C=O) groups is 4. The summed E-state index contributed by atoms with van der Waals surface area (Å²) in [6, 6.07) is 6.73. The largest absolute Gasteiger partial charge is 0.456 e. The Kier molecular flexibility index (Phi) is 15.9. The Morgan fingerprint density at radius 2 is 1.69 bits per heavy atom. The van der Waals surface area contributed by atoms with Crippen molar-refractivity contribution < 1.29 is 152 Å². The molecule has 1 unspecified atom stereocenters. The van der Waals surface area contributed by atoms with Crippen molar-refractivity contribution in [1.29, 1.82) is 0 Å². The van der Waals surface area contributed by atoms with Crippen molar-refractivity contribution in [2.24, 2.45) is 22.7 Å². The maximum atomic E-state index is 14.6. The molecule has 1 aromatic rings. The molecule has 1 heterocycles. The Morgan fingerprint density at radius 1 is 1.06 bits per heavy atom. The van der Waals surface area contributed by atoms with Gasteiger partial charge >= 0.3 is 18.0 Å². The molecule has 1 saturated heterocycles. The third-order valence-corrected chi connectivity index (χ3v) is 12.0. The first-order chi connectivity index (χ1) is 24.3. The zero-order chi connectivity index (χ0) is 38.6. The van der Waals surface area contributed by atoms with E-state index in [4.69, 9.17) is 18.9 Å². The number of allylic oxidation sites excluding steroid dienone is 1. The predicted octanol–water partition coefficient (Wildman–Crippen LogP) is 1.75. The molecule has 16 heteroatoms. The van der Waals surface area contributed by atoms with Crippen LogP contribution in [0.3, 0.4) is 0 Å². The van der Waals surface area contributed by atoms with Crippen LogP contribution in [-0.2, 0) is 28.5 Å². The predicted molar refractivity (Wildman–Crippen MR) is 183 cm³/mol. The Balaban J connectivity index is 0.00000392. The Bertz CT molecular complexity index is 1640. The number of esters is 2. The molecule has 1 aromatic carbocycles. The molecule has 0 aromatic heterocycles. The summed E-state index contributed by atoms with van der Waals surface area (Å²) in [7, 11) is 0. The summed E-state index contributed by atoms with van der Waals surface area (Å²) >= 11 is 0. The second-order valence-corrected chi connectivity index (χ2v) is 15.6. The summed E-state index contributed by atoms with van der Waals surface area (Å²) in [4.78, 5) is 54.5. The van der Waals surface area contributed by atoms with Crippen LogP contribution in [0.2, 0.25) is 0 Å². The van der Waals surface area contributed by atoms with Crippen LogP contribution in [0.1, 0.15) is 71.7 Å². The topological polar surface area (TPSA) is 218 Å². The minimum atomic E-state index is -2.28. The van der Waals surface area contributed by atoms with Crippen LogP contribution < -0.4 is 5.32 Å². The van der Waals surface area contributed by atoms with Crippen LogP contribution in [0.4, 0.5) is 4.79 Å². The van der Waals surface area contributed by atoms with Gasteiger partial charge in [0.25, 0.3) is 0 Å². The zero-order valence-electron chi connectivity index (χ0n) is 31.7. The number of nitrogens with one attached hydrogen (secondary N) is 1. The number of carbonyl (C=O) groups excluding carboxylic acids is 4. The fourth-order valence-corrected chi connectivity index (χ4v) is 8.74. The van der Waals surface area contributed by atoms with Gasteiger partial charge in [-0.3, -0.25) is 4.79 Å². The number of ketones is 1. The van der Waals surface area contributed by atoms with Gasteiger partial charge in [0, 0.05) is 112 Å². The monoisotopic (exact) mass is 1180 g/mol. The molecule has 3 aliphatic carbocycles. The molecule has 0 spiro atoms. The van der Waals surface area contributed by atoms with Crippen LogP contribution >= 0.6 is 0 Å². The molecule has 6 N–H and O–H groups in total. The third-order valence-electron chi connectivity index (χ3n) is 12.0. The van der Waals surface area contributed by atoms with E-state index in [1.54, 1.807) is 65.0 Å². The molecular weight excluding hydrogens is 1130 g/mol. The molecule has 14 nitrogen and oxygen atoms in total. The summed E-state index contributed by atoms with van der Waals surface area (Å²) in [5, 5.41) is 62.5. The molecular formula is C38H51Ac2NO13. The van der Waals surface area contributed by atoms with Crippen molar-refractivity contribution in [3.63, 3.8) is 0 Å². The number of fused-ring (bicyclic) bond motifs is 5. The minimum absolute atomic E-state index is 0. The van der Waals surface area contributed by atoms with E-state index in [0.29, 0.717) is 0 Å². The zero-order valence-corrected chi connectivity index (χ0v) is 41.2. The number of aliphatic hydroxyl groups excluding tert-OH is 3. The average Bonchev–Trinajstić information content (AvgIpc) is 3.09. The van der Waals surface area contributed by atoms with Gasteiger partial charge in [0.1, 0.15) is 36.1 Å². The number of amides is 1. The quantitative estimate of drug-likeness (QED) is 0.118. The molecule has 292 valence electrons. The maximum Gasteiger partial charge on any atom is 0.407 e. The number of aliphatic hydroxyl groups is 5. The fourth-order valence-electron chi connectivity index (χ4n) is 8.74. The van der Waals surface area contributed by atoms with E-state index in [0.717, 1.165) is 0 Å². The normalized spacial score (nSPS) is 35.0. The van der Waals surface area contributed by atoms with Crippen molar-refractivity contribution in [1.82, 2.24) is 5.32 Å². The van der Waals surface area contributed by atoms with Crippen LogP contribution in [0.5, 0.6) is 0 Å². The standard InChI is InChI=1S/C38H51NO13.2Ac/c1-8-9-15-49-34(46)39-26(19(2)3)28(42)33(45)51-22-17-38(48)31(52-32(44)21-13-11-10-12-14-21)29-36(7,23(40)16-24-37(29,47)18-50-24)30(43)27(41)25(20(22)4)35(38,5)6;;/h8-14,19,22-24,26-29,31,40-42,47-48H,15-18H2,1-7H3,(H,39,46);;/b9-8+;;/t22?,23-,24+,26-,27+,28+,29-,31-,36+,37-,38+;;/m0../s1. The fraction of sp³-hybridized carbons (Fsp3) is 0.632. The minimum Gasteiger partial charge on any atom is -0.456 e. The van der Waals surface area contributed by atoms with Gasteiger partial charge in [-0.15, -0.1) is 0 Å². The van der Waals surface area contributed by atoms with Gasteiger partial charge in [0.15, 0.2) is 11.9 Å². The smallest absolute Gasteiger partial charge is 0.407 e. The van der Waals surface area contributed by atoms with Crippen LogP contribution in [0, 0.1) is 111 Å². The van der Waals surface area contributed by atoms with Gasteiger partial charge in [0.05, 0.1) is 35.8 Å². The van der Waals surface area contributed by atoms with Crippen LogP contribution in [0.15, 0.2) is 53.6 Å². The van der Waals surface area contributed by atoms with Gasteiger partial charge in [0.2, 0.25) is 0 Å². The first-order valence-corrected chi connectivity index (χ1v) is 17.6. The van der Waals surface area contributed by atoms with E-state index in [1.807, 2.05) is 0 Å². The van der Waals surface area contributed by atoms with Crippen molar-refractivity contribution >= 4 is 23.8 Å². The summed E-state index contributed by atoms with van der Waals surface area (Å²) in [6.07, 6.45) is -7.71. The van der Waals surface area contributed by atoms with Gasteiger partial charge < -0.3 is 49.8 Å². The molecule has 11 atom stereocenters. The average molecular weight is 1180 g/mol. The van der Waals surface area contributed by atoms with E-state index in [1.165, 1.54) is 26.0 Å². The molecule has 54 heavy (non-hydrogen) atoms. The van der Waals surface area contributed by atoms with E-state index in [9.17, 15) is 44.7 Å². The van der Waals surface area contributed by atoms with Crippen molar-refractivity contribution in [3.05, 3.63) is 59.2 Å². The maximum absolute atomic E-state index is 14.6. The van der Waals surface area contributed by atoms with E-state index >= 15 is 0 Å². The van der Waals surface area contributed by atoms with Crippen LogP contribution in [-0.4, -0.2) is 116 Å². The number of benzene rings is 1. The number of hydrogen-bond acceptors (Lipinski definition) is 13. The van der Waals surface area contributed by atoms with E-state index in [2.05, 4.69) is 5.32 Å². The first-order valence-electron chi connectivity index (χ1n) is 17.6. The number of Topliss-reactive ketones (excluding diaryl/α,β-unsaturated/α-hetero) is 1. The Morgan fingerprint density at radius 3 is 2.24 bits per heavy atom. The van der Waals surface area contributed by atoms with Crippen molar-refractivity contribution in [2.75, 3.05) is 13.2 Å². The summed E-state index contributed by atoms with van der Waals surface area (Å²) in [6.45, 7) is 10.7. The van der Waals surface area contributed by atoms with Gasteiger partial charge in [-0.2, -0.15) is 0 Å². The van der Waals surface area contributed by atoms with Gasteiger partial charge in [-0.1, -0.05) is 58.0 Å². The second kappa shape index (κ2) is 18.0. The van der Waals surface area contributed by atoms with E-state index < -0.39 is 107 Å². The third kappa shape index (κ3) is 8.11. The summed E-state index contributed by atoms with van der Waals surface area (Å²) in [5.41, 5.74) is -7.43. The van der Waals surface area contributed by atoms with Gasteiger partial charge in [-0.05, 0) is 50.0 Å². The van der Waals surface area contributed by atoms with Crippen molar-refractivity contribution in [2.45, 2.75) is 115 Å². The molecule has 1 amide bonds. The molecule has 2 saturated carbocycles. The Labute approximate surface area is 386 Å². The molecule has 4 aliphatic rings. The number of alkyl carbamates (subject to hydrolysis) is 1. The number of hydrogen-bond donors (Lipinski definition) is 6. The second-order valence-electron chi connectivity index (χ2n) is 15.6. The summed E-state index contributed by atoms with van der Waals surface area (Å²) < 4.78 is 22.7. The molecule has 1 aliphatic heterocycles. The molecule has 3 fully saturated rings. The molecule has 2 radical (unpaired) electrons. The van der Waals surface area contributed by atoms with Crippen LogP contribution in [0.25, 0.3) is 0 Å². The van der Waals surface area contributed by atoms with Crippen molar-refractivity contribution in [3.8, 4) is 0 Å². The SMILES string of the molecule is C/C=C/COC(=O)N[C@@H](C(C)C)[C@@H](O)C(=O)OC1C[C@@]2(O)[C@@H](OC(=O)c3ccccc3)[C@@H]3[C@]4(O)CO[C@@H]4C[C@H](O)[C@@]3(C)C(=O)[C@H](O)C(=C1C)C2(C)C.[Ac].[Ac]. The Hall–Kier alpha value is -0.777. The summed E-state index contributed by atoms with van der Waals surface area (Å²) in [5.74, 6) is -4.95. The number of ether oxygens (including phenoxy) is 4. The van der Waals surface area contributed by atoms with E-state index in [-0.39, 0.29) is 124 Å². The number of rotatable bonds is 9. The molecule has 5 rings (SSSR count). The first kappa shape index (κ1) is 47.6. The molecule has 2 bridgehead atoms.